The fourth-order valence-corrected chi connectivity index (χ4v) is 2.22. The van der Waals surface area contributed by atoms with Gasteiger partial charge in [0.15, 0.2) is 0 Å². The highest BCUT2D eigenvalue weighted by molar-refractivity contribution is 5.23. The minimum atomic E-state index is -0.198. The summed E-state index contributed by atoms with van der Waals surface area (Å²) in [7, 11) is 0. The Morgan fingerprint density at radius 2 is 2.00 bits per heavy atom. The summed E-state index contributed by atoms with van der Waals surface area (Å²) in [6.07, 6.45) is 13.7. The fraction of sp³-hybridized carbons (Fsp3) is 0.714. The molecule has 1 aliphatic carbocycles. The number of allylic oxidation sites excluding steroid dienone is 4. The molecule has 0 atom stereocenters. The van der Waals surface area contributed by atoms with E-state index >= 15 is 0 Å². The van der Waals surface area contributed by atoms with Crippen molar-refractivity contribution in [2.45, 2.75) is 64.7 Å². The maximum Gasteiger partial charge on any atom is 0.249 e. The first-order valence-electron chi connectivity index (χ1n) is 6.78. The van der Waals surface area contributed by atoms with Gasteiger partial charge in [-0.2, -0.15) is 0 Å². The second-order valence-corrected chi connectivity index (χ2v) is 4.69. The molecule has 0 aromatic rings. The smallest absolute Gasteiger partial charge is 0.249 e. The van der Waals surface area contributed by atoms with Gasteiger partial charge in [0.2, 0.25) is 5.70 Å². The monoisotopic (exact) mass is 237 g/mol. The van der Waals surface area contributed by atoms with Crippen molar-refractivity contribution in [3.8, 4) is 0 Å². The van der Waals surface area contributed by atoms with Crippen molar-refractivity contribution in [3.63, 3.8) is 0 Å². The maximum absolute atomic E-state index is 10.9. The molecule has 0 saturated carbocycles. The molecule has 1 aliphatic rings. The van der Waals surface area contributed by atoms with E-state index in [0.29, 0.717) is 12.1 Å². The Morgan fingerprint density at radius 3 is 2.71 bits per heavy atom. The standard InChI is InChI=1S/C14H23NO2/c1-2-3-4-5-6-7-10-13-11-8-9-12-14(13)15(16)17/h7,10H,2-6,8-9,11-12H2,1H3/b10-7+. The lowest BCUT2D eigenvalue weighted by molar-refractivity contribution is -0.429. The van der Waals surface area contributed by atoms with E-state index in [9.17, 15) is 10.1 Å². The summed E-state index contributed by atoms with van der Waals surface area (Å²) in [5, 5.41) is 10.9. The highest BCUT2D eigenvalue weighted by Gasteiger charge is 2.19. The molecule has 96 valence electrons. The van der Waals surface area contributed by atoms with Crippen molar-refractivity contribution >= 4 is 0 Å². The Hall–Kier alpha value is -1.12. The third kappa shape index (κ3) is 5.16. The summed E-state index contributed by atoms with van der Waals surface area (Å²) in [4.78, 5) is 10.7. The first kappa shape index (κ1) is 13.9. The Balaban J connectivity index is 2.41. The molecular weight excluding hydrogens is 214 g/mol. The Kier molecular flexibility index (Phi) is 6.60. The molecule has 0 saturated heterocycles. The Morgan fingerprint density at radius 1 is 1.24 bits per heavy atom. The van der Waals surface area contributed by atoms with E-state index in [4.69, 9.17) is 0 Å². The number of rotatable bonds is 7. The van der Waals surface area contributed by atoms with E-state index in [-0.39, 0.29) is 4.92 Å². The van der Waals surface area contributed by atoms with Gasteiger partial charge < -0.3 is 0 Å². The van der Waals surface area contributed by atoms with Crippen molar-refractivity contribution in [2.24, 2.45) is 0 Å². The number of nitro groups is 1. The quantitative estimate of drug-likeness (QED) is 0.368. The molecule has 0 bridgehead atoms. The van der Waals surface area contributed by atoms with Crippen LogP contribution in [0.15, 0.2) is 23.4 Å². The van der Waals surface area contributed by atoms with E-state index in [2.05, 4.69) is 13.0 Å². The summed E-state index contributed by atoms with van der Waals surface area (Å²) in [5.74, 6) is 0. The van der Waals surface area contributed by atoms with Crippen molar-refractivity contribution in [1.82, 2.24) is 0 Å². The van der Waals surface area contributed by atoms with Crippen LogP contribution >= 0.6 is 0 Å². The Labute approximate surface area is 104 Å². The average Bonchev–Trinajstić information content (AvgIpc) is 2.34. The molecule has 0 amide bonds. The SMILES string of the molecule is CCCCCC/C=C/C1=C([N+](=O)[O-])CCCC1. The first-order chi connectivity index (χ1) is 8.25. The molecule has 0 N–H and O–H groups in total. The van der Waals surface area contributed by atoms with Crippen LogP contribution < -0.4 is 0 Å². The van der Waals surface area contributed by atoms with Crippen LogP contribution in [-0.2, 0) is 0 Å². The molecule has 3 heteroatoms. The summed E-state index contributed by atoms with van der Waals surface area (Å²) >= 11 is 0. The molecule has 0 aromatic carbocycles. The van der Waals surface area contributed by atoms with E-state index in [1.807, 2.05) is 6.08 Å². The van der Waals surface area contributed by atoms with E-state index < -0.39 is 0 Å². The molecule has 0 aliphatic heterocycles. The third-order valence-electron chi connectivity index (χ3n) is 3.24. The van der Waals surface area contributed by atoms with Gasteiger partial charge in [-0.05, 0) is 32.1 Å². The lowest BCUT2D eigenvalue weighted by Crippen LogP contribution is -2.06. The topological polar surface area (TPSA) is 43.1 Å². The molecule has 0 aromatic heterocycles. The largest absolute Gasteiger partial charge is 0.259 e. The van der Waals surface area contributed by atoms with Crippen molar-refractivity contribution in [1.29, 1.82) is 0 Å². The van der Waals surface area contributed by atoms with Crippen LogP contribution in [0.1, 0.15) is 64.7 Å². The van der Waals surface area contributed by atoms with E-state index in [1.165, 1.54) is 25.7 Å². The fourth-order valence-electron chi connectivity index (χ4n) is 2.22. The second-order valence-electron chi connectivity index (χ2n) is 4.69. The van der Waals surface area contributed by atoms with Crippen LogP contribution in [0.4, 0.5) is 0 Å². The summed E-state index contributed by atoms with van der Waals surface area (Å²) in [5.41, 5.74) is 1.40. The molecular formula is C14H23NO2. The van der Waals surface area contributed by atoms with Crippen LogP contribution in [0.3, 0.4) is 0 Å². The van der Waals surface area contributed by atoms with Gasteiger partial charge in [0.25, 0.3) is 0 Å². The zero-order chi connectivity index (χ0) is 12.5. The van der Waals surface area contributed by atoms with E-state index in [1.54, 1.807) is 0 Å². The predicted molar refractivity (Wildman–Crippen MR) is 70.4 cm³/mol. The molecule has 0 heterocycles. The molecule has 0 fully saturated rings. The summed E-state index contributed by atoms with van der Waals surface area (Å²) in [6.45, 7) is 2.20. The van der Waals surface area contributed by atoms with Gasteiger partial charge in [0, 0.05) is 12.0 Å². The van der Waals surface area contributed by atoms with Crippen LogP contribution in [0.2, 0.25) is 0 Å². The molecule has 3 nitrogen and oxygen atoms in total. The van der Waals surface area contributed by atoms with Crippen LogP contribution in [0.5, 0.6) is 0 Å². The molecule has 0 radical (unpaired) electrons. The van der Waals surface area contributed by atoms with Crippen LogP contribution in [0, 0.1) is 10.1 Å². The zero-order valence-corrected chi connectivity index (χ0v) is 10.8. The zero-order valence-electron chi connectivity index (χ0n) is 10.8. The van der Waals surface area contributed by atoms with Crippen molar-refractivity contribution < 1.29 is 4.92 Å². The van der Waals surface area contributed by atoms with Gasteiger partial charge in [0.1, 0.15) is 0 Å². The average molecular weight is 237 g/mol. The molecule has 17 heavy (non-hydrogen) atoms. The highest BCUT2D eigenvalue weighted by atomic mass is 16.6. The summed E-state index contributed by atoms with van der Waals surface area (Å²) < 4.78 is 0. The number of hydrogen-bond donors (Lipinski definition) is 0. The predicted octanol–water partition coefficient (Wildman–Crippen LogP) is 4.62. The maximum atomic E-state index is 10.9. The van der Waals surface area contributed by atoms with E-state index in [0.717, 1.165) is 31.3 Å². The summed E-state index contributed by atoms with van der Waals surface area (Å²) in [6, 6.07) is 0. The van der Waals surface area contributed by atoms with Crippen LogP contribution in [0.25, 0.3) is 0 Å². The van der Waals surface area contributed by atoms with Gasteiger partial charge in [-0.25, -0.2) is 0 Å². The number of nitrogens with zero attached hydrogens (tertiary/aromatic N) is 1. The van der Waals surface area contributed by atoms with Gasteiger partial charge in [-0.3, -0.25) is 10.1 Å². The van der Waals surface area contributed by atoms with Gasteiger partial charge in [-0.1, -0.05) is 38.3 Å². The minimum Gasteiger partial charge on any atom is -0.259 e. The van der Waals surface area contributed by atoms with Crippen molar-refractivity contribution in [2.75, 3.05) is 0 Å². The van der Waals surface area contributed by atoms with Crippen LogP contribution in [-0.4, -0.2) is 4.92 Å². The van der Waals surface area contributed by atoms with Gasteiger partial charge >= 0.3 is 0 Å². The Bertz CT molecular complexity index is 305. The normalized spacial score (nSPS) is 16.8. The van der Waals surface area contributed by atoms with Gasteiger partial charge in [0.05, 0.1) is 4.92 Å². The number of unbranched alkanes of at least 4 members (excludes halogenated alkanes) is 4. The molecule has 1 rings (SSSR count). The molecule has 0 unspecified atom stereocenters. The third-order valence-corrected chi connectivity index (χ3v) is 3.24. The highest BCUT2D eigenvalue weighted by Crippen LogP contribution is 2.26. The lowest BCUT2D eigenvalue weighted by atomic mass is 9.96. The van der Waals surface area contributed by atoms with Crippen molar-refractivity contribution in [3.05, 3.63) is 33.5 Å². The first-order valence-corrected chi connectivity index (χ1v) is 6.78. The second kappa shape index (κ2) is 8.04. The lowest BCUT2D eigenvalue weighted by Gasteiger charge is -2.10. The molecule has 0 spiro atoms. The minimum absolute atomic E-state index is 0.198. The van der Waals surface area contributed by atoms with Gasteiger partial charge in [-0.15, -0.1) is 0 Å². The number of hydrogen-bond acceptors (Lipinski definition) is 2.